The first-order chi connectivity index (χ1) is 9.11. The summed E-state index contributed by atoms with van der Waals surface area (Å²) in [5, 5.41) is 0. The normalized spacial score (nSPS) is 20.9. The molecule has 0 aliphatic carbocycles. The van der Waals surface area contributed by atoms with Crippen LogP contribution >= 0.6 is 8.22 Å². The third-order valence-corrected chi connectivity index (χ3v) is 7.43. The van der Waals surface area contributed by atoms with E-state index in [9.17, 15) is 0 Å². The van der Waals surface area contributed by atoms with Gasteiger partial charge in [-0.05, 0) is 61.1 Å². The van der Waals surface area contributed by atoms with Crippen molar-refractivity contribution in [3.8, 4) is 0 Å². The zero-order valence-corrected chi connectivity index (χ0v) is 15.9. The zero-order valence-electron chi connectivity index (χ0n) is 15.0. The molecule has 0 aromatic rings. The topological polar surface area (TPSA) is 9.72 Å². The van der Waals surface area contributed by atoms with Crippen LogP contribution in [0, 0.1) is 0 Å². The summed E-state index contributed by atoms with van der Waals surface area (Å²) in [6.45, 7) is 23.6. The average molecular weight is 301 g/mol. The Morgan fingerprint density at radius 2 is 1.25 bits per heavy atom. The van der Waals surface area contributed by atoms with Gasteiger partial charge >= 0.3 is 0 Å². The lowest BCUT2D eigenvalue weighted by Gasteiger charge is -2.54. The Hall–Kier alpha value is 0.310. The molecule has 0 saturated carbocycles. The van der Waals surface area contributed by atoms with Gasteiger partial charge in [-0.1, -0.05) is 13.8 Å². The fraction of sp³-hybridized carbons (Fsp3) is 1.00. The largest absolute Gasteiger partial charge is 0.297 e. The van der Waals surface area contributed by atoms with Crippen LogP contribution in [0.25, 0.3) is 0 Å². The van der Waals surface area contributed by atoms with Crippen LogP contribution in [-0.2, 0) is 0 Å². The molecule has 0 aromatic heterocycles. The zero-order chi connectivity index (χ0) is 15.6. The molecule has 0 radical (unpaired) electrons. The van der Waals surface area contributed by atoms with Crippen molar-refractivity contribution >= 4 is 8.22 Å². The highest BCUT2D eigenvalue weighted by atomic mass is 31.1. The maximum atomic E-state index is 2.77. The molecule has 4 heteroatoms. The van der Waals surface area contributed by atoms with Crippen LogP contribution in [0.15, 0.2) is 0 Å². The standard InChI is InChI=1S/C16H36N3P/c1-9-17(10-2)14-20-18(15(3,4)5)12-11-13-19(20)16(6,7)8/h9-14H2,1-8H3. The smallest absolute Gasteiger partial charge is 0.0553 e. The van der Waals surface area contributed by atoms with Gasteiger partial charge in [-0.3, -0.25) is 14.2 Å². The summed E-state index contributed by atoms with van der Waals surface area (Å²) >= 11 is 0. The summed E-state index contributed by atoms with van der Waals surface area (Å²) in [6, 6.07) is 0. The van der Waals surface area contributed by atoms with Gasteiger partial charge in [0.15, 0.2) is 0 Å². The fourth-order valence-corrected chi connectivity index (χ4v) is 6.30. The minimum atomic E-state index is -0.233. The second kappa shape index (κ2) is 7.05. The summed E-state index contributed by atoms with van der Waals surface area (Å²) in [7, 11) is -0.233. The quantitative estimate of drug-likeness (QED) is 0.720. The Labute approximate surface area is 128 Å². The molecule has 0 aromatic carbocycles. The Morgan fingerprint density at radius 1 is 0.850 bits per heavy atom. The summed E-state index contributed by atoms with van der Waals surface area (Å²) in [4.78, 5) is 2.59. The number of hydrogen-bond acceptors (Lipinski definition) is 3. The first kappa shape index (κ1) is 18.4. The van der Waals surface area contributed by atoms with E-state index in [2.05, 4.69) is 69.6 Å². The highest BCUT2D eigenvalue weighted by molar-refractivity contribution is 7.52. The molecule has 120 valence electrons. The van der Waals surface area contributed by atoms with E-state index in [0.29, 0.717) is 0 Å². The Bertz CT molecular complexity index is 267. The van der Waals surface area contributed by atoms with Crippen molar-refractivity contribution in [2.24, 2.45) is 0 Å². The van der Waals surface area contributed by atoms with E-state index in [1.165, 1.54) is 25.8 Å². The van der Waals surface area contributed by atoms with Crippen molar-refractivity contribution in [1.82, 2.24) is 14.2 Å². The van der Waals surface area contributed by atoms with E-state index in [1.807, 2.05) is 0 Å². The van der Waals surface area contributed by atoms with Gasteiger partial charge in [0, 0.05) is 30.5 Å². The van der Waals surface area contributed by atoms with Crippen molar-refractivity contribution in [3.63, 3.8) is 0 Å². The van der Waals surface area contributed by atoms with Gasteiger partial charge in [0.2, 0.25) is 0 Å². The number of nitrogens with zero attached hydrogens (tertiary/aromatic N) is 3. The van der Waals surface area contributed by atoms with Crippen LogP contribution in [0.5, 0.6) is 0 Å². The van der Waals surface area contributed by atoms with Crippen LogP contribution in [0.1, 0.15) is 61.8 Å². The molecule has 1 aliphatic heterocycles. The minimum Gasteiger partial charge on any atom is -0.297 e. The molecule has 0 unspecified atom stereocenters. The molecule has 0 atom stereocenters. The molecule has 1 rings (SSSR count). The first-order valence-corrected chi connectivity index (χ1v) is 9.59. The second-order valence-electron chi connectivity index (χ2n) is 7.76. The van der Waals surface area contributed by atoms with Crippen molar-refractivity contribution in [2.45, 2.75) is 72.9 Å². The van der Waals surface area contributed by atoms with E-state index in [-0.39, 0.29) is 19.3 Å². The van der Waals surface area contributed by atoms with Crippen LogP contribution in [-0.4, -0.2) is 57.8 Å². The monoisotopic (exact) mass is 301 g/mol. The van der Waals surface area contributed by atoms with Crippen LogP contribution in [0.3, 0.4) is 0 Å². The van der Waals surface area contributed by atoms with Gasteiger partial charge in [0.25, 0.3) is 0 Å². The summed E-state index contributed by atoms with van der Waals surface area (Å²) in [6.07, 6.45) is 2.52. The maximum Gasteiger partial charge on any atom is 0.0553 e. The second-order valence-corrected chi connectivity index (χ2v) is 9.75. The predicted octanol–water partition coefficient (Wildman–Crippen LogP) is 4.20. The van der Waals surface area contributed by atoms with Crippen LogP contribution in [0.4, 0.5) is 0 Å². The molecular weight excluding hydrogens is 265 g/mol. The minimum absolute atomic E-state index is 0.233. The Balaban J connectivity index is 3.00. The maximum absolute atomic E-state index is 2.77. The molecule has 0 spiro atoms. The predicted molar refractivity (Wildman–Crippen MR) is 92.2 cm³/mol. The van der Waals surface area contributed by atoms with Gasteiger partial charge in [-0.15, -0.1) is 0 Å². The van der Waals surface area contributed by atoms with Crippen molar-refractivity contribution in [2.75, 3.05) is 32.5 Å². The molecule has 1 fully saturated rings. The Kier molecular flexibility index (Phi) is 6.47. The lowest BCUT2D eigenvalue weighted by Crippen LogP contribution is -2.52. The molecule has 1 aliphatic rings. The van der Waals surface area contributed by atoms with Gasteiger partial charge in [-0.2, -0.15) is 0 Å². The number of hydrogen-bond donors (Lipinski definition) is 0. The molecule has 0 amide bonds. The molecule has 0 N–H and O–H groups in total. The van der Waals surface area contributed by atoms with Gasteiger partial charge in [0.1, 0.15) is 0 Å². The molecule has 1 saturated heterocycles. The van der Waals surface area contributed by atoms with E-state index in [4.69, 9.17) is 0 Å². The molecule has 1 heterocycles. The fourth-order valence-electron chi connectivity index (χ4n) is 2.85. The molecule has 20 heavy (non-hydrogen) atoms. The highest BCUT2D eigenvalue weighted by Crippen LogP contribution is 2.54. The lowest BCUT2D eigenvalue weighted by molar-refractivity contribution is 0.160. The highest BCUT2D eigenvalue weighted by Gasteiger charge is 2.40. The SMILES string of the molecule is CCN(CC)CP1N(C(C)(C)C)CCCN1C(C)(C)C. The molecule has 0 bridgehead atoms. The van der Waals surface area contributed by atoms with E-state index >= 15 is 0 Å². The summed E-state index contributed by atoms with van der Waals surface area (Å²) < 4.78 is 5.55. The van der Waals surface area contributed by atoms with Gasteiger partial charge in [-0.25, -0.2) is 0 Å². The van der Waals surface area contributed by atoms with E-state index in [1.54, 1.807) is 0 Å². The lowest BCUT2D eigenvalue weighted by atomic mass is 10.1. The Morgan fingerprint density at radius 3 is 1.55 bits per heavy atom. The third kappa shape index (κ3) is 4.66. The summed E-state index contributed by atoms with van der Waals surface area (Å²) in [5.74, 6) is 0. The number of rotatable bonds is 4. The van der Waals surface area contributed by atoms with E-state index in [0.717, 1.165) is 13.1 Å². The van der Waals surface area contributed by atoms with Crippen molar-refractivity contribution in [3.05, 3.63) is 0 Å². The third-order valence-electron chi connectivity index (χ3n) is 4.07. The molecule has 3 nitrogen and oxygen atoms in total. The summed E-state index contributed by atoms with van der Waals surface area (Å²) in [5.41, 5.74) is 0.533. The van der Waals surface area contributed by atoms with E-state index < -0.39 is 0 Å². The van der Waals surface area contributed by atoms with Gasteiger partial charge in [0.05, 0.1) is 8.22 Å². The van der Waals surface area contributed by atoms with Crippen molar-refractivity contribution < 1.29 is 0 Å². The first-order valence-electron chi connectivity index (χ1n) is 8.16. The van der Waals surface area contributed by atoms with Crippen molar-refractivity contribution in [1.29, 1.82) is 0 Å². The average Bonchev–Trinajstić information content (AvgIpc) is 2.33. The van der Waals surface area contributed by atoms with Crippen LogP contribution < -0.4 is 0 Å². The van der Waals surface area contributed by atoms with Crippen LogP contribution in [0.2, 0.25) is 0 Å². The van der Waals surface area contributed by atoms with Gasteiger partial charge < -0.3 is 0 Å². The molecular formula is C16H36N3P.